The van der Waals surface area contributed by atoms with Crippen LogP contribution in [0.4, 0.5) is 0 Å². The molecule has 2 amide bonds. The SMILES string of the molecule is CCCCOc1cc(/C=C2\C(=O)N(CCC(=O)O)C(=O)c3ccccc32)ccc1OC. The van der Waals surface area contributed by atoms with Crippen LogP contribution in [0.3, 0.4) is 0 Å². The van der Waals surface area contributed by atoms with Gasteiger partial charge in [0.25, 0.3) is 11.8 Å². The van der Waals surface area contributed by atoms with Gasteiger partial charge in [0, 0.05) is 17.7 Å². The first-order valence-electron chi connectivity index (χ1n) is 10.2. The molecule has 0 spiro atoms. The minimum atomic E-state index is -1.07. The maximum atomic E-state index is 13.1. The molecule has 0 atom stereocenters. The number of hydrogen-bond acceptors (Lipinski definition) is 5. The summed E-state index contributed by atoms with van der Waals surface area (Å²) in [5.74, 6) is -0.923. The normalized spacial score (nSPS) is 14.5. The van der Waals surface area contributed by atoms with Gasteiger partial charge in [-0.05, 0) is 41.8 Å². The van der Waals surface area contributed by atoms with Crippen LogP contribution in [0.2, 0.25) is 0 Å². The largest absolute Gasteiger partial charge is 0.493 e. The highest BCUT2D eigenvalue weighted by Crippen LogP contribution is 2.33. The molecule has 0 radical (unpaired) electrons. The summed E-state index contributed by atoms with van der Waals surface area (Å²) in [5, 5.41) is 8.99. The smallest absolute Gasteiger partial charge is 0.305 e. The summed E-state index contributed by atoms with van der Waals surface area (Å²) < 4.78 is 11.2. The zero-order valence-corrected chi connectivity index (χ0v) is 17.6. The first-order valence-corrected chi connectivity index (χ1v) is 10.2. The third-order valence-electron chi connectivity index (χ3n) is 4.97. The number of carbonyl (C=O) groups excluding carboxylic acids is 2. The van der Waals surface area contributed by atoms with Gasteiger partial charge >= 0.3 is 5.97 Å². The van der Waals surface area contributed by atoms with E-state index in [0.717, 1.165) is 17.7 Å². The van der Waals surface area contributed by atoms with Crippen molar-refractivity contribution in [3.8, 4) is 11.5 Å². The second kappa shape index (κ2) is 9.93. The number of nitrogens with zero attached hydrogens (tertiary/aromatic N) is 1. The van der Waals surface area contributed by atoms with Gasteiger partial charge in [-0.25, -0.2) is 0 Å². The Labute approximate surface area is 180 Å². The molecule has 0 bridgehead atoms. The van der Waals surface area contributed by atoms with Crippen molar-refractivity contribution in [1.29, 1.82) is 0 Å². The maximum Gasteiger partial charge on any atom is 0.305 e. The lowest BCUT2D eigenvalue weighted by atomic mass is 9.92. The van der Waals surface area contributed by atoms with E-state index in [1.54, 1.807) is 55.7 Å². The first-order chi connectivity index (χ1) is 15.0. The van der Waals surface area contributed by atoms with Crippen LogP contribution in [0, 0.1) is 0 Å². The van der Waals surface area contributed by atoms with Gasteiger partial charge in [0.2, 0.25) is 0 Å². The maximum absolute atomic E-state index is 13.1. The lowest BCUT2D eigenvalue weighted by Crippen LogP contribution is -2.42. The summed E-state index contributed by atoms with van der Waals surface area (Å²) in [6, 6.07) is 12.2. The Balaban J connectivity index is 2.02. The lowest BCUT2D eigenvalue weighted by Gasteiger charge is -2.28. The van der Waals surface area contributed by atoms with Crippen molar-refractivity contribution in [3.05, 3.63) is 59.2 Å². The van der Waals surface area contributed by atoms with Crippen LogP contribution >= 0.6 is 0 Å². The third-order valence-corrected chi connectivity index (χ3v) is 4.97. The number of amides is 2. The molecule has 31 heavy (non-hydrogen) atoms. The second-order valence-electron chi connectivity index (χ2n) is 7.12. The highest BCUT2D eigenvalue weighted by atomic mass is 16.5. The fraction of sp³-hybridized carbons (Fsp3) is 0.292. The van der Waals surface area contributed by atoms with Crippen LogP contribution < -0.4 is 9.47 Å². The molecule has 0 saturated carbocycles. The molecule has 0 saturated heterocycles. The Morgan fingerprint density at radius 2 is 1.81 bits per heavy atom. The monoisotopic (exact) mass is 423 g/mol. The molecule has 1 aliphatic rings. The molecule has 1 N–H and O–H groups in total. The van der Waals surface area contributed by atoms with Crippen molar-refractivity contribution < 1.29 is 29.0 Å². The van der Waals surface area contributed by atoms with Gasteiger partial charge in [0.15, 0.2) is 11.5 Å². The number of imide groups is 1. The summed E-state index contributed by atoms with van der Waals surface area (Å²) >= 11 is 0. The summed E-state index contributed by atoms with van der Waals surface area (Å²) in [6.07, 6.45) is 3.27. The first kappa shape index (κ1) is 22.1. The number of carboxylic acid groups (broad SMARTS) is 1. The van der Waals surface area contributed by atoms with E-state index in [0.29, 0.717) is 40.4 Å². The molecule has 7 nitrogen and oxygen atoms in total. The standard InChI is InChI=1S/C24H25NO6/c1-3-4-13-31-21-15-16(9-10-20(21)30-2)14-19-17-7-5-6-8-18(17)23(28)25(24(19)29)12-11-22(26)27/h5-10,14-15H,3-4,11-13H2,1-2H3,(H,26,27)/b19-14-. The number of hydrogen-bond donors (Lipinski definition) is 1. The Morgan fingerprint density at radius 3 is 2.48 bits per heavy atom. The van der Waals surface area contributed by atoms with E-state index < -0.39 is 17.8 Å². The number of fused-ring (bicyclic) bond motifs is 1. The van der Waals surface area contributed by atoms with E-state index in [1.807, 2.05) is 0 Å². The average molecular weight is 423 g/mol. The molecule has 0 aliphatic carbocycles. The Bertz CT molecular complexity index is 1030. The van der Waals surface area contributed by atoms with Gasteiger partial charge in [-0.2, -0.15) is 0 Å². The fourth-order valence-corrected chi connectivity index (χ4v) is 3.34. The van der Waals surface area contributed by atoms with E-state index in [2.05, 4.69) is 6.92 Å². The number of carbonyl (C=O) groups is 3. The number of rotatable bonds is 9. The quantitative estimate of drug-likeness (QED) is 0.374. The van der Waals surface area contributed by atoms with Gasteiger partial charge in [-0.1, -0.05) is 37.6 Å². The average Bonchev–Trinajstić information content (AvgIpc) is 2.77. The molecule has 0 fully saturated rings. The summed E-state index contributed by atoms with van der Waals surface area (Å²) in [7, 11) is 1.56. The lowest BCUT2D eigenvalue weighted by molar-refractivity contribution is -0.137. The van der Waals surface area contributed by atoms with Gasteiger partial charge < -0.3 is 14.6 Å². The minimum Gasteiger partial charge on any atom is -0.493 e. The Hall–Kier alpha value is -3.61. The van der Waals surface area contributed by atoms with Crippen molar-refractivity contribution in [1.82, 2.24) is 4.90 Å². The molecule has 0 aromatic heterocycles. The van der Waals surface area contributed by atoms with Gasteiger partial charge in [-0.15, -0.1) is 0 Å². The van der Waals surface area contributed by atoms with Crippen molar-refractivity contribution >= 4 is 29.4 Å². The van der Waals surface area contributed by atoms with Gasteiger partial charge in [0.1, 0.15) is 0 Å². The van der Waals surface area contributed by atoms with E-state index in [4.69, 9.17) is 14.6 Å². The van der Waals surface area contributed by atoms with Crippen LogP contribution in [-0.2, 0) is 9.59 Å². The number of aliphatic carboxylic acids is 1. The predicted molar refractivity (Wildman–Crippen MR) is 116 cm³/mol. The van der Waals surface area contributed by atoms with E-state index in [9.17, 15) is 14.4 Å². The molecular formula is C24H25NO6. The molecule has 7 heteroatoms. The van der Waals surface area contributed by atoms with Gasteiger partial charge in [0.05, 0.1) is 20.1 Å². The summed E-state index contributed by atoms with van der Waals surface area (Å²) in [6.45, 7) is 2.43. The van der Waals surface area contributed by atoms with Crippen molar-refractivity contribution in [2.45, 2.75) is 26.2 Å². The highest BCUT2D eigenvalue weighted by Gasteiger charge is 2.34. The number of carboxylic acids is 1. The van der Waals surface area contributed by atoms with Crippen molar-refractivity contribution in [3.63, 3.8) is 0 Å². The van der Waals surface area contributed by atoms with E-state index in [-0.39, 0.29) is 13.0 Å². The molecule has 0 unspecified atom stereocenters. The molecule has 3 rings (SSSR count). The Kier molecular flexibility index (Phi) is 7.07. The van der Waals surface area contributed by atoms with Gasteiger partial charge in [-0.3, -0.25) is 19.3 Å². The molecule has 1 aliphatic heterocycles. The summed E-state index contributed by atoms with van der Waals surface area (Å²) in [4.78, 5) is 37.9. The minimum absolute atomic E-state index is 0.188. The van der Waals surface area contributed by atoms with Crippen LogP contribution in [0.1, 0.15) is 47.7 Å². The van der Waals surface area contributed by atoms with Crippen LogP contribution in [-0.4, -0.2) is 48.1 Å². The number of methoxy groups -OCH3 is 1. The van der Waals surface area contributed by atoms with Crippen LogP contribution in [0.5, 0.6) is 11.5 Å². The molecule has 2 aromatic rings. The Morgan fingerprint density at radius 1 is 1.06 bits per heavy atom. The van der Waals surface area contributed by atoms with Crippen molar-refractivity contribution in [2.75, 3.05) is 20.3 Å². The highest BCUT2D eigenvalue weighted by molar-refractivity contribution is 6.33. The van der Waals surface area contributed by atoms with E-state index >= 15 is 0 Å². The fourth-order valence-electron chi connectivity index (χ4n) is 3.34. The molecular weight excluding hydrogens is 398 g/mol. The summed E-state index contributed by atoms with van der Waals surface area (Å²) in [5.41, 5.74) is 1.92. The number of unbranched alkanes of at least 4 members (excludes halogenated alkanes) is 1. The number of ether oxygens (including phenoxy) is 2. The number of benzene rings is 2. The molecule has 2 aromatic carbocycles. The van der Waals surface area contributed by atoms with Crippen molar-refractivity contribution in [2.24, 2.45) is 0 Å². The van der Waals surface area contributed by atoms with Crippen LogP contribution in [0.15, 0.2) is 42.5 Å². The topological polar surface area (TPSA) is 93.1 Å². The zero-order chi connectivity index (χ0) is 22.4. The second-order valence-corrected chi connectivity index (χ2v) is 7.12. The zero-order valence-electron chi connectivity index (χ0n) is 17.6. The predicted octanol–water partition coefficient (Wildman–Crippen LogP) is 3.87. The van der Waals surface area contributed by atoms with Crippen LogP contribution in [0.25, 0.3) is 11.6 Å². The molecule has 162 valence electrons. The molecule has 1 heterocycles. The van der Waals surface area contributed by atoms with E-state index in [1.165, 1.54) is 0 Å². The third kappa shape index (κ3) is 4.94.